The second kappa shape index (κ2) is 5.89. The van der Waals surface area contributed by atoms with E-state index in [9.17, 15) is 5.11 Å². The van der Waals surface area contributed by atoms with Gasteiger partial charge in [-0.1, -0.05) is 6.42 Å². The molecule has 0 aromatic heterocycles. The van der Waals surface area contributed by atoms with Crippen LogP contribution >= 0.6 is 0 Å². The van der Waals surface area contributed by atoms with Crippen molar-refractivity contribution in [3.05, 3.63) is 0 Å². The molecule has 3 aliphatic rings. The summed E-state index contributed by atoms with van der Waals surface area (Å²) in [6.07, 6.45) is 10.3. The van der Waals surface area contributed by atoms with Gasteiger partial charge >= 0.3 is 0 Å². The molecule has 0 radical (unpaired) electrons. The van der Waals surface area contributed by atoms with Crippen LogP contribution in [-0.4, -0.2) is 48.0 Å². The van der Waals surface area contributed by atoms with Crippen molar-refractivity contribution < 1.29 is 9.84 Å². The van der Waals surface area contributed by atoms with Crippen LogP contribution in [0, 0.1) is 5.92 Å². The van der Waals surface area contributed by atoms with Gasteiger partial charge in [0.15, 0.2) is 0 Å². The van der Waals surface area contributed by atoms with Crippen LogP contribution in [0.25, 0.3) is 0 Å². The predicted octanol–water partition coefficient (Wildman–Crippen LogP) is 2.18. The summed E-state index contributed by atoms with van der Waals surface area (Å²) in [6.45, 7) is 3.38. The highest BCUT2D eigenvalue weighted by atomic mass is 16.5. The van der Waals surface area contributed by atoms with Gasteiger partial charge in [-0.05, 0) is 51.5 Å². The zero-order valence-corrected chi connectivity index (χ0v) is 11.4. The van der Waals surface area contributed by atoms with E-state index in [1.54, 1.807) is 0 Å². The lowest BCUT2D eigenvalue weighted by atomic mass is 9.94. The van der Waals surface area contributed by atoms with E-state index < -0.39 is 0 Å². The average molecular weight is 253 g/mol. The Balaban J connectivity index is 1.50. The van der Waals surface area contributed by atoms with E-state index in [1.807, 2.05) is 0 Å². The summed E-state index contributed by atoms with van der Waals surface area (Å²) < 4.78 is 5.72. The Bertz CT molecular complexity index is 265. The quantitative estimate of drug-likeness (QED) is 0.833. The summed E-state index contributed by atoms with van der Waals surface area (Å²) in [5.74, 6) is 0.553. The fourth-order valence-corrected chi connectivity index (χ4v) is 4.21. The summed E-state index contributed by atoms with van der Waals surface area (Å²) in [5.41, 5.74) is 0. The van der Waals surface area contributed by atoms with E-state index in [1.165, 1.54) is 58.0 Å². The third-order valence-corrected chi connectivity index (χ3v) is 5.20. The lowest BCUT2D eigenvalue weighted by Gasteiger charge is -2.31. The number of hydrogen-bond acceptors (Lipinski definition) is 3. The number of hydrogen-bond donors (Lipinski definition) is 1. The smallest absolute Gasteiger partial charge is 0.0588 e. The molecule has 4 atom stereocenters. The first-order valence-electron chi connectivity index (χ1n) is 7.88. The lowest BCUT2D eigenvalue weighted by molar-refractivity contribution is 0.0582. The Morgan fingerprint density at radius 2 is 2.00 bits per heavy atom. The van der Waals surface area contributed by atoms with E-state index in [-0.39, 0.29) is 6.10 Å². The van der Waals surface area contributed by atoms with E-state index in [0.29, 0.717) is 18.1 Å². The molecule has 18 heavy (non-hydrogen) atoms. The third kappa shape index (κ3) is 2.73. The standard InChI is InChI=1S/C15H27NO2/c17-15-7-1-5-13(15)14-6-2-9-16(14)10-8-12-4-3-11-18-12/h12-15,17H,1-11H2. The highest BCUT2D eigenvalue weighted by Gasteiger charge is 2.38. The molecule has 2 aliphatic heterocycles. The van der Waals surface area contributed by atoms with Crippen molar-refractivity contribution in [2.24, 2.45) is 5.92 Å². The van der Waals surface area contributed by atoms with E-state index in [4.69, 9.17) is 4.74 Å². The van der Waals surface area contributed by atoms with Gasteiger partial charge in [-0.25, -0.2) is 0 Å². The van der Waals surface area contributed by atoms with Crippen LogP contribution in [0.4, 0.5) is 0 Å². The van der Waals surface area contributed by atoms with Crippen LogP contribution in [0.15, 0.2) is 0 Å². The third-order valence-electron chi connectivity index (χ3n) is 5.20. The lowest BCUT2D eigenvalue weighted by Crippen LogP contribution is -2.40. The molecule has 0 spiro atoms. The molecule has 1 aliphatic carbocycles. The van der Waals surface area contributed by atoms with Crippen LogP contribution in [0.5, 0.6) is 0 Å². The summed E-state index contributed by atoms with van der Waals surface area (Å²) in [4.78, 5) is 2.64. The minimum absolute atomic E-state index is 0.0293. The Kier molecular flexibility index (Phi) is 4.22. The first kappa shape index (κ1) is 12.9. The van der Waals surface area contributed by atoms with Gasteiger partial charge in [-0.15, -0.1) is 0 Å². The van der Waals surface area contributed by atoms with Crippen LogP contribution in [0.2, 0.25) is 0 Å². The topological polar surface area (TPSA) is 32.7 Å². The highest BCUT2D eigenvalue weighted by Crippen LogP contribution is 2.36. The molecule has 104 valence electrons. The molecule has 2 heterocycles. The number of ether oxygens (including phenoxy) is 1. The van der Waals surface area contributed by atoms with Crippen molar-refractivity contribution in [1.82, 2.24) is 4.90 Å². The fraction of sp³-hybridized carbons (Fsp3) is 1.00. The Morgan fingerprint density at radius 3 is 2.72 bits per heavy atom. The molecule has 1 saturated carbocycles. The van der Waals surface area contributed by atoms with Gasteiger partial charge in [0.05, 0.1) is 12.2 Å². The Morgan fingerprint density at radius 1 is 1.06 bits per heavy atom. The number of aliphatic hydroxyl groups is 1. The number of aliphatic hydroxyl groups excluding tert-OH is 1. The van der Waals surface area contributed by atoms with Crippen molar-refractivity contribution in [1.29, 1.82) is 0 Å². The maximum absolute atomic E-state index is 10.1. The molecular weight excluding hydrogens is 226 g/mol. The van der Waals surface area contributed by atoms with Gasteiger partial charge in [0.1, 0.15) is 0 Å². The van der Waals surface area contributed by atoms with Crippen molar-refractivity contribution in [2.45, 2.75) is 69.6 Å². The maximum atomic E-state index is 10.1. The Labute approximate surface area is 110 Å². The van der Waals surface area contributed by atoms with E-state index >= 15 is 0 Å². The summed E-state index contributed by atoms with van der Waals surface area (Å²) in [6, 6.07) is 0.656. The van der Waals surface area contributed by atoms with Crippen LogP contribution < -0.4 is 0 Å². The second-order valence-corrected chi connectivity index (χ2v) is 6.33. The second-order valence-electron chi connectivity index (χ2n) is 6.33. The molecule has 3 heteroatoms. The normalized spacial score (nSPS) is 41.8. The van der Waals surface area contributed by atoms with Gasteiger partial charge in [-0.3, -0.25) is 4.90 Å². The SMILES string of the molecule is OC1CCCC1C1CCCN1CCC1CCCO1. The number of likely N-dealkylation sites (tertiary alicyclic amines) is 1. The molecule has 2 saturated heterocycles. The first-order valence-corrected chi connectivity index (χ1v) is 7.88. The van der Waals surface area contributed by atoms with Gasteiger partial charge < -0.3 is 9.84 Å². The molecule has 0 amide bonds. The van der Waals surface area contributed by atoms with Crippen LogP contribution in [0.1, 0.15) is 51.4 Å². The van der Waals surface area contributed by atoms with Crippen LogP contribution in [0.3, 0.4) is 0 Å². The molecular formula is C15H27NO2. The highest BCUT2D eigenvalue weighted by molar-refractivity contribution is 4.91. The zero-order valence-electron chi connectivity index (χ0n) is 11.4. The van der Waals surface area contributed by atoms with Crippen molar-refractivity contribution >= 4 is 0 Å². The molecule has 3 nitrogen and oxygen atoms in total. The molecule has 3 rings (SSSR count). The van der Waals surface area contributed by atoms with Crippen molar-refractivity contribution in [2.75, 3.05) is 19.7 Å². The first-order chi connectivity index (χ1) is 8.84. The average Bonchev–Trinajstić information content (AvgIpc) is 3.06. The monoisotopic (exact) mass is 253 g/mol. The largest absolute Gasteiger partial charge is 0.393 e. The van der Waals surface area contributed by atoms with Gasteiger partial charge in [-0.2, -0.15) is 0 Å². The van der Waals surface area contributed by atoms with Gasteiger partial charge in [0.2, 0.25) is 0 Å². The molecule has 4 unspecified atom stereocenters. The molecule has 0 aromatic rings. The minimum Gasteiger partial charge on any atom is -0.393 e. The maximum Gasteiger partial charge on any atom is 0.0588 e. The molecule has 0 bridgehead atoms. The van der Waals surface area contributed by atoms with E-state index in [0.717, 1.165) is 13.0 Å². The zero-order chi connectivity index (χ0) is 12.4. The van der Waals surface area contributed by atoms with Crippen LogP contribution in [-0.2, 0) is 4.74 Å². The molecule has 0 aromatic carbocycles. The number of rotatable bonds is 4. The fourth-order valence-electron chi connectivity index (χ4n) is 4.21. The van der Waals surface area contributed by atoms with Crippen molar-refractivity contribution in [3.63, 3.8) is 0 Å². The summed E-state index contributed by atoms with van der Waals surface area (Å²) >= 11 is 0. The van der Waals surface area contributed by atoms with Gasteiger partial charge in [0.25, 0.3) is 0 Å². The van der Waals surface area contributed by atoms with Gasteiger partial charge in [0, 0.05) is 25.1 Å². The Hall–Kier alpha value is -0.120. The summed E-state index contributed by atoms with van der Waals surface area (Å²) in [7, 11) is 0. The number of nitrogens with zero attached hydrogens (tertiary/aromatic N) is 1. The minimum atomic E-state index is -0.0293. The van der Waals surface area contributed by atoms with E-state index in [2.05, 4.69) is 4.90 Å². The molecule has 1 N–H and O–H groups in total. The predicted molar refractivity (Wildman–Crippen MR) is 71.5 cm³/mol. The molecule has 3 fully saturated rings. The van der Waals surface area contributed by atoms with Crippen molar-refractivity contribution in [3.8, 4) is 0 Å². The summed E-state index contributed by atoms with van der Waals surface area (Å²) in [5, 5.41) is 10.1.